The number of anilines is 1. The van der Waals surface area contributed by atoms with E-state index in [1.807, 2.05) is 35.2 Å². The normalized spacial score (nSPS) is 13.8. The van der Waals surface area contributed by atoms with Crippen molar-refractivity contribution in [3.63, 3.8) is 0 Å². The summed E-state index contributed by atoms with van der Waals surface area (Å²) in [6.07, 6.45) is 1.44. The number of carbonyl (C=O) groups is 2. The molecule has 3 aromatic rings. The fourth-order valence-corrected chi connectivity index (χ4v) is 4.46. The fraction of sp³-hybridized carbons (Fsp3) is 0.310. The summed E-state index contributed by atoms with van der Waals surface area (Å²) in [5.74, 6) is -0.159. The first-order chi connectivity index (χ1) is 16.7. The Kier molecular flexibility index (Phi) is 6.94. The molecular weight excluding hydrogens is 442 g/mol. The number of carbonyl (C=O) groups excluding carboxylic acids is 1. The molecule has 2 N–H and O–H groups in total. The number of carboxylic acid groups (broad SMARTS) is 1. The van der Waals surface area contributed by atoms with Crippen LogP contribution in [0.5, 0.6) is 5.75 Å². The van der Waals surface area contributed by atoms with Gasteiger partial charge in [-0.05, 0) is 70.5 Å². The van der Waals surface area contributed by atoms with Crippen LogP contribution in [0, 0.1) is 0 Å². The summed E-state index contributed by atoms with van der Waals surface area (Å²) in [5.41, 5.74) is 5.69. The molecule has 0 spiro atoms. The molecule has 0 aromatic heterocycles. The lowest BCUT2D eigenvalue weighted by atomic mass is 9.83. The molecule has 0 aliphatic carbocycles. The number of amides is 1. The zero-order valence-corrected chi connectivity index (χ0v) is 20.4. The van der Waals surface area contributed by atoms with Crippen molar-refractivity contribution in [2.45, 2.75) is 39.0 Å². The van der Waals surface area contributed by atoms with Gasteiger partial charge in [-0.25, -0.2) is 4.79 Å². The Morgan fingerprint density at radius 3 is 2.26 bits per heavy atom. The van der Waals surface area contributed by atoms with Crippen LogP contribution < -0.4 is 9.64 Å². The van der Waals surface area contributed by atoms with Crippen LogP contribution in [0.4, 0.5) is 5.69 Å². The molecule has 0 atom stereocenters. The van der Waals surface area contributed by atoms with Crippen LogP contribution >= 0.6 is 0 Å². The summed E-state index contributed by atoms with van der Waals surface area (Å²) in [6.45, 7) is 7.22. The van der Waals surface area contributed by atoms with Crippen molar-refractivity contribution >= 4 is 17.6 Å². The smallest absolute Gasteiger partial charge is 0.335 e. The fourth-order valence-electron chi connectivity index (χ4n) is 4.46. The van der Waals surface area contributed by atoms with E-state index in [-0.39, 0.29) is 30.1 Å². The minimum Gasteiger partial charge on any atom is -0.491 e. The Balaban J connectivity index is 1.82. The largest absolute Gasteiger partial charge is 0.491 e. The average Bonchev–Trinajstić information content (AvgIpc) is 3.27. The predicted molar refractivity (Wildman–Crippen MR) is 137 cm³/mol. The summed E-state index contributed by atoms with van der Waals surface area (Å²) in [6, 6.07) is 18.7. The van der Waals surface area contributed by atoms with E-state index < -0.39 is 5.97 Å². The first kappa shape index (κ1) is 24.5. The maximum absolute atomic E-state index is 12.5. The number of rotatable bonds is 7. The van der Waals surface area contributed by atoms with Gasteiger partial charge in [0.05, 0.1) is 12.2 Å². The second kappa shape index (κ2) is 9.92. The Hall–Kier alpha value is -3.64. The third kappa shape index (κ3) is 5.23. The van der Waals surface area contributed by atoms with Crippen LogP contribution in [-0.2, 0) is 10.2 Å². The van der Waals surface area contributed by atoms with Gasteiger partial charge in [0.2, 0.25) is 5.91 Å². The molecule has 1 aliphatic heterocycles. The molecule has 1 fully saturated rings. The third-order valence-electron chi connectivity index (χ3n) is 6.27. The van der Waals surface area contributed by atoms with Crippen LogP contribution in [0.25, 0.3) is 22.3 Å². The van der Waals surface area contributed by atoms with E-state index in [1.165, 1.54) is 0 Å². The van der Waals surface area contributed by atoms with E-state index in [0.29, 0.717) is 12.2 Å². The number of hydrogen-bond acceptors (Lipinski definition) is 4. The highest BCUT2D eigenvalue weighted by atomic mass is 16.5. The van der Waals surface area contributed by atoms with E-state index in [9.17, 15) is 19.8 Å². The predicted octanol–water partition coefficient (Wildman–Crippen LogP) is 5.51. The molecule has 1 heterocycles. The van der Waals surface area contributed by atoms with Crippen molar-refractivity contribution in [1.82, 2.24) is 0 Å². The summed E-state index contributed by atoms with van der Waals surface area (Å²) >= 11 is 0. The van der Waals surface area contributed by atoms with Crippen LogP contribution in [0.3, 0.4) is 0 Å². The van der Waals surface area contributed by atoms with Gasteiger partial charge in [-0.15, -0.1) is 0 Å². The number of carboxylic acids is 1. The van der Waals surface area contributed by atoms with E-state index >= 15 is 0 Å². The lowest BCUT2D eigenvalue weighted by Gasteiger charge is -2.28. The molecule has 0 radical (unpaired) electrons. The van der Waals surface area contributed by atoms with Gasteiger partial charge < -0.3 is 19.8 Å². The molecule has 0 unspecified atom stereocenters. The first-order valence-electron chi connectivity index (χ1n) is 11.9. The van der Waals surface area contributed by atoms with Crippen LogP contribution in [0.15, 0.2) is 60.7 Å². The SMILES string of the molecule is CC(C)(C)c1cc(-c2cc(-c3ccc(C(=O)O)cc3)ccc2OCCO)ccc1N1CCCC1=O. The zero-order valence-electron chi connectivity index (χ0n) is 20.4. The van der Waals surface area contributed by atoms with E-state index in [2.05, 4.69) is 26.8 Å². The topological polar surface area (TPSA) is 87.1 Å². The summed E-state index contributed by atoms with van der Waals surface area (Å²) < 4.78 is 5.86. The molecule has 35 heavy (non-hydrogen) atoms. The molecule has 0 bridgehead atoms. The Labute approximate surface area is 205 Å². The van der Waals surface area contributed by atoms with Gasteiger partial charge in [0.15, 0.2) is 0 Å². The van der Waals surface area contributed by atoms with Crippen molar-refractivity contribution in [3.05, 3.63) is 71.8 Å². The van der Waals surface area contributed by atoms with Gasteiger partial charge in [0.1, 0.15) is 12.4 Å². The van der Waals surface area contributed by atoms with E-state index in [4.69, 9.17) is 4.74 Å². The number of hydrogen-bond donors (Lipinski definition) is 2. The monoisotopic (exact) mass is 473 g/mol. The van der Waals surface area contributed by atoms with Gasteiger partial charge in [-0.1, -0.05) is 45.0 Å². The van der Waals surface area contributed by atoms with Gasteiger partial charge in [-0.2, -0.15) is 0 Å². The average molecular weight is 474 g/mol. The minimum atomic E-state index is -0.962. The molecule has 1 saturated heterocycles. The van der Waals surface area contributed by atoms with Gasteiger partial charge in [0.25, 0.3) is 0 Å². The van der Waals surface area contributed by atoms with E-state index in [0.717, 1.165) is 46.5 Å². The van der Waals surface area contributed by atoms with Gasteiger partial charge >= 0.3 is 5.97 Å². The number of aromatic carboxylic acids is 1. The molecule has 1 aliphatic rings. The number of benzene rings is 3. The van der Waals surface area contributed by atoms with Crippen molar-refractivity contribution in [1.29, 1.82) is 0 Å². The van der Waals surface area contributed by atoms with Crippen molar-refractivity contribution in [3.8, 4) is 28.0 Å². The second-order valence-electron chi connectivity index (χ2n) is 9.80. The lowest BCUT2D eigenvalue weighted by molar-refractivity contribution is -0.117. The lowest BCUT2D eigenvalue weighted by Crippen LogP contribution is -2.27. The highest BCUT2D eigenvalue weighted by Gasteiger charge is 2.28. The van der Waals surface area contributed by atoms with Crippen LogP contribution in [0.1, 0.15) is 49.5 Å². The standard InChI is InChI=1S/C29H31NO5/c1-29(2,3)24-18-22(10-12-25(24)30-14-4-5-27(30)32)23-17-21(11-13-26(23)35-16-15-31)19-6-8-20(9-7-19)28(33)34/h6-13,17-18,31H,4-5,14-16H2,1-3H3,(H,33,34). The summed E-state index contributed by atoms with van der Waals surface area (Å²) in [4.78, 5) is 25.6. The van der Waals surface area contributed by atoms with Crippen molar-refractivity contribution < 1.29 is 24.5 Å². The molecule has 0 saturated carbocycles. The molecule has 4 rings (SSSR count). The Morgan fingerprint density at radius 2 is 1.66 bits per heavy atom. The quantitative estimate of drug-likeness (QED) is 0.472. The highest BCUT2D eigenvalue weighted by molar-refractivity contribution is 5.97. The maximum Gasteiger partial charge on any atom is 0.335 e. The Morgan fingerprint density at radius 1 is 0.971 bits per heavy atom. The number of ether oxygens (including phenoxy) is 1. The molecule has 1 amide bonds. The van der Waals surface area contributed by atoms with Crippen LogP contribution in [-0.4, -0.2) is 41.8 Å². The summed E-state index contributed by atoms with van der Waals surface area (Å²) in [7, 11) is 0. The maximum atomic E-state index is 12.5. The molecule has 6 heteroatoms. The molecule has 3 aromatic carbocycles. The first-order valence-corrected chi connectivity index (χ1v) is 11.9. The highest BCUT2D eigenvalue weighted by Crippen LogP contribution is 2.40. The van der Waals surface area contributed by atoms with E-state index in [1.54, 1.807) is 24.3 Å². The van der Waals surface area contributed by atoms with Gasteiger partial charge in [-0.3, -0.25) is 4.79 Å². The molecular formula is C29H31NO5. The number of aliphatic hydroxyl groups excluding tert-OH is 1. The van der Waals surface area contributed by atoms with Crippen molar-refractivity contribution in [2.75, 3.05) is 24.7 Å². The summed E-state index contributed by atoms with van der Waals surface area (Å²) in [5, 5.41) is 18.5. The third-order valence-corrected chi connectivity index (χ3v) is 6.27. The minimum absolute atomic E-state index is 0.0961. The Bertz CT molecular complexity index is 1240. The zero-order chi connectivity index (χ0) is 25.2. The number of aliphatic hydroxyl groups is 1. The number of nitrogens with zero attached hydrogens (tertiary/aromatic N) is 1. The molecule has 182 valence electrons. The van der Waals surface area contributed by atoms with Gasteiger partial charge in [0, 0.05) is 24.2 Å². The second-order valence-corrected chi connectivity index (χ2v) is 9.80. The van der Waals surface area contributed by atoms with Crippen molar-refractivity contribution in [2.24, 2.45) is 0 Å². The van der Waals surface area contributed by atoms with Crippen LogP contribution in [0.2, 0.25) is 0 Å². The molecule has 6 nitrogen and oxygen atoms in total.